The van der Waals surface area contributed by atoms with Crippen molar-refractivity contribution in [3.63, 3.8) is 0 Å². The van der Waals surface area contributed by atoms with E-state index < -0.39 is 6.16 Å². The molecule has 3 heteroatoms. The van der Waals surface area contributed by atoms with Crippen molar-refractivity contribution in [3.05, 3.63) is 0 Å². The zero-order valence-electron chi connectivity index (χ0n) is 4.18. The summed E-state index contributed by atoms with van der Waals surface area (Å²) in [5, 5.41) is 7.82. The summed E-state index contributed by atoms with van der Waals surface area (Å²) in [6.07, 6.45) is -0.450. The van der Waals surface area contributed by atoms with Gasteiger partial charge in [-0.05, 0) is 6.42 Å². The van der Waals surface area contributed by atoms with Gasteiger partial charge in [0.25, 0.3) is 0 Å². The van der Waals surface area contributed by atoms with Crippen molar-refractivity contribution in [2.75, 3.05) is 6.61 Å². The van der Waals surface area contributed by atoms with E-state index in [4.69, 9.17) is 5.11 Å². The van der Waals surface area contributed by atoms with E-state index in [1.165, 1.54) is 0 Å². The SMILES string of the molecule is CCCOC(=O)O. The van der Waals surface area contributed by atoms with Crippen LogP contribution in [-0.2, 0) is 4.74 Å². The molecule has 0 heterocycles. The van der Waals surface area contributed by atoms with E-state index in [0.29, 0.717) is 6.61 Å². The molecule has 1 N–H and O–H groups in total. The van der Waals surface area contributed by atoms with Crippen molar-refractivity contribution < 1.29 is 14.6 Å². The lowest BCUT2D eigenvalue weighted by Gasteiger charge is -1.91. The molecule has 0 aliphatic carbocycles. The molecule has 0 amide bonds. The molecule has 0 bridgehead atoms. The van der Waals surface area contributed by atoms with Crippen LogP contribution in [0.15, 0.2) is 0 Å². The Morgan fingerprint density at radius 3 is 2.57 bits per heavy atom. The first-order chi connectivity index (χ1) is 3.27. The molecule has 0 aliphatic rings. The summed E-state index contributed by atoms with van der Waals surface area (Å²) >= 11 is 0. The Morgan fingerprint density at radius 2 is 2.43 bits per heavy atom. The number of rotatable bonds is 2. The van der Waals surface area contributed by atoms with Crippen molar-refractivity contribution in [2.45, 2.75) is 13.3 Å². The minimum atomic E-state index is -1.19. The average molecular weight is 104 g/mol. The molecule has 42 valence electrons. The third-order valence-electron chi connectivity index (χ3n) is 0.430. The fourth-order valence-corrected chi connectivity index (χ4v) is 0.189. The molecule has 0 radical (unpaired) electrons. The highest BCUT2D eigenvalue weighted by atomic mass is 16.7. The van der Waals surface area contributed by atoms with Crippen molar-refractivity contribution in [1.82, 2.24) is 0 Å². The maximum Gasteiger partial charge on any atom is 0.505 e. The van der Waals surface area contributed by atoms with E-state index in [1.54, 1.807) is 0 Å². The van der Waals surface area contributed by atoms with Crippen LogP contribution in [0, 0.1) is 0 Å². The van der Waals surface area contributed by atoms with Gasteiger partial charge in [0.15, 0.2) is 0 Å². The standard InChI is InChI=1S/C4H8O3/c1-2-3-7-4(5)6/h2-3H2,1H3,(H,5,6). The van der Waals surface area contributed by atoms with Crippen LogP contribution >= 0.6 is 0 Å². The van der Waals surface area contributed by atoms with E-state index in [9.17, 15) is 4.79 Å². The first kappa shape index (κ1) is 6.27. The molecule has 0 atom stereocenters. The van der Waals surface area contributed by atoms with Crippen LogP contribution in [0.3, 0.4) is 0 Å². The Morgan fingerprint density at radius 1 is 1.86 bits per heavy atom. The Hall–Kier alpha value is -0.730. The Balaban J connectivity index is 2.82. The number of hydrogen-bond donors (Lipinski definition) is 1. The molecule has 0 fully saturated rings. The normalized spacial score (nSPS) is 8.14. The summed E-state index contributed by atoms with van der Waals surface area (Å²) in [4.78, 5) is 9.54. The quantitative estimate of drug-likeness (QED) is 0.533. The van der Waals surface area contributed by atoms with Crippen LogP contribution in [-0.4, -0.2) is 17.9 Å². The summed E-state index contributed by atoms with van der Waals surface area (Å²) in [5.41, 5.74) is 0. The molecule has 0 spiro atoms. The van der Waals surface area contributed by atoms with Gasteiger partial charge in [0, 0.05) is 0 Å². The summed E-state index contributed by atoms with van der Waals surface area (Å²) in [6.45, 7) is 2.15. The molecule has 7 heavy (non-hydrogen) atoms. The summed E-state index contributed by atoms with van der Waals surface area (Å²) < 4.78 is 4.11. The van der Waals surface area contributed by atoms with Crippen LogP contribution in [0.2, 0.25) is 0 Å². The highest BCUT2D eigenvalue weighted by molar-refractivity contribution is 5.56. The van der Waals surface area contributed by atoms with Crippen molar-refractivity contribution in [3.8, 4) is 0 Å². The number of carboxylic acid groups (broad SMARTS) is 1. The Labute approximate surface area is 41.9 Å². The fraction of sp³-hybridized carbons (Fsp3) is 0.750. The maximum atomic E-state index is 9.54. The summed E-state index contributed by atoms with van der Waals surface area (Å²) in [5.74, 6) is 0. The molecular weight excluding hydrogens is 96.0 g/mol. The molecule has 0 saturated heterocycles. The van der Waals surface area contributed by atoms with Crippen LogP contribution in [0.25, 0.3) is 0 Å². The van der Waals surface area contributed by atoms with Gasteiger partial charge in [0.2, 0.25) is 0 Å². The summed E-state index contributed by atoms with van der Waals surface area (Å²) in [6, 6.07) is 0. The maximum absolute atomic E-state index is 9.54. The highest BCUT2D eigenvalue weighted by Crippen LogP contribution is 1.78. The van der Waals surface area contributed by atoms with Crippen molar-refractivity contribution in [1.29, 1.82) is 0 Å². The van der Waals surface area contributed by atoms with Crippen LogP contribution in [0.5, 0.6) is 0 Å². The van der Waals surface area contributed by atoms with Gasteiger partial charge in [0.1, 0.15) is 0 Å². The molecular formula is C4H8O3. The third kappa shape index (κ3) is 5.27. The Kier molecular flexibility index (Phi) is 3.10. The molecule has 0 aliphatic heterocycles. The number of hydrogen-bond acceptors (Lipinski definition) is 2. The minimum Gasteiger partial charge on any atom is -0.450 e. The molecule has 3 nitrogen and oxygen atoms in total. The van der Waals surface area contributed by atoms with Crippen LogP contribution in [0.4, 0.5) is 4.79 Å². The average Bonchev–Trinajstić information content (AvgIpc) is 1.61. The predicted octanol–water partition coefficient (Wildman–Crippen LogP) is 1.09. The minimum absolute atomic E-state index is 0.301. The van der Waals surface area contributed by atoms with Gasteiger partial charge < -0.3 is 9.84 Å². The van der Waals surface area contributed by atoms with E-state index in [1.807, 2.05) is 6.92 Å². The topological polar surface area (TPSA) is 46.5 Å². The van der Waals surface area contributed by atoms with Crippen molar-refractivity contribution in [2.24, 2.45) is 0 Å². The van der Waals surface area contributed by atoms with Gasteiger partial charge >= 0.3 is 6.16 Å². The summed E-state index contributed by atoms with van der Waals surface area (Å²) in [7, 11) is 0. The van der Waals surface area contributed by atoms with E-state index in [2.05, 4.69) is 4.74 Å². The molecule has 0 saturated carbocycles. The van der Waals surface area contributed by atoms with Gasteiger partial charge in [0.05, 0.1) is 6.61 Å². The second-order valence-corrected chi connectivity index (χ2v) is 1.11. The van der Waals surface area contributed by atoms with Gasteiger partial charge in [-0.15, -0.1) is 0 Å². The third-order valence-corrected chi connectivity index (χ3v) is 0.430. The zero-order chi connectivity index (χ0) is 5.70. The fourth-order valence-electron chi connectivity index (χ4n) is 0.189. The van der Waals surface area contributed by atoms with Crippen molar-refractivity contribution >= 4 is 6.16 Å². The molecule has 0 rings (SSSR count). The second kappa shape index (κ2) is 3.46. The lowest BCUT2D eigenvalue weighted by atomic mass is 10.5. The molecule has 0 aromatic rings. The van der Waals surface area contributed by atoms with Gasteiger partial charge in [-0.25, -0.2) is 4.79 Å². The number of carbonyl (C=O) groups is 1. The van der Waals surface area contributed by atoms with E-state index in [0.717, 1.165) is 6.42 Å². The lowest BCUT2D eigenvalue weighted by Crippen LogP contribution is -1.99. The van der Waals surface area contributed by atoms with Crippen LogP contribution < -0.4 is 0 Å². The van der Waals surface area contributed by atoms with Gasteiger partial charge in [-0.1, -0.05) is 6.92 Å². The monoisotopic (exact) mass is 104 g/mol. The predicted molar refractivity (Wildman–Crippen MR) is 24.3 cm³/mol. The largest absolute Gasteiger partial charge is 0.505 e. The van der Waals surface area contributed by atoms with E-state index in [-0.39, 0.29) is 0 Å². The van der Waals surface area contributed by atoms with Crippen LogP contribution in [0.1, 0.15) is 13.3 Å². The molecule has 0 unspecified atom stereocenters. The number of ether oxygens (including phenoxy) is 1. The second-order valence-electron chi connectivity index (χ2n) is 1.11. The molecule has 0 aromatic carbocycles. The lowest BCUT2D eigenvalue weighted by molar-refractivity contribution is 0.0918. The zero-order valence-corrected chi connectivity index (χ0v) is 4.18. The van der Waals surface area contributed by atoms with Gasteiger partial charge in [-0.3, -0.25) is 0 Å². The highest BCUT2D eigenvalue weighted by Gasteiger charge is 1.89. The van der Waals surface area contributed by atoms with Gasteiger partial charge in [-0.2, -0.15) is 0 Å². The Bertz CT molecular complexity index is 60.0. The first-order valence-electron chi connectivity index (χ1n) is 2.13. The van der Waals surface area contributed by atoms with E-state index >= 15 is 0 Å². The molecule has 0 aromatic heterocycles. The first-order valence-corrected chi connectivity index (χ1v) is 2.13. The smallest absolute Gasteiger partial charge is 0.450 e.